The number of carbonyl (C=O) groups is 1. The summed E-state index contributed by atoms with van der Waals surface area (Å²) in [5, 5.41) is 10.6. The molecule has 1 aliphatic heterocycles. The number of benzene rings is 1. The molecule has 1 aliphatic rings. The van der Waals surface area contributed by atoms with Crippen molar-refractivity contribution < 1.29 is 4.79 Å². The van der Waals surface area contributed by atoms with Crippen LogP contribution in [0.1, 0.15) is 25.5 Å². The Bertz CT molecular complexity index is 640. The summed E-state index contributed by atoms with van der Waals surface area (Å²) in [6, 6.07) is 9.98. The molecule has 0 bridgehead atoms. The van der Waals surface area contributed by atoms with Crippen molar-refractivity contribution in [3.8, 4) is 5.69 Å². The number of rotatable bonds is 5. The quantitative estimate of drug-likeness (QED) is 0.882. The van der Waals surface area contributed by atoms with Gasteiger partial charge in [-0.25, -0.2) is 4.68 Å². The smallest absolute Gasteiger partial charge is 0.223 e. The first-order chi connectivity index (χ1) is 10.6. The van der Waals surface area contributed by atoms with Gasteiger partial charge in [0.2, 0.25) is 5.91 Å². The Morgan fingerprint density at radius 3 is 2.74 bits per heavy atom. The Kier molecular flexibility index (Phi) is 5.80. The first-order valence-electron chi connectivity index (χ1n) is 7.76. The summed E-state index contributed by atoms with van der Waals surface area (Å²) in [7, 11) is 0. The monoisotopic (exact) mass is 334 g/mol. The number of amides is 1. The van der Waals surface area contributed by atoms with Gasteiger partial charge in [0.25, 0.3) is 0 Å². The Labute approximate surface area is 142 Å². The molecule has 0 spiro atoms. The van der Waals surface area contributed by atoms with Crippen LogP contribution in [0.2, 0.25) is 0 Å². The lowest BCUT2D eigenvalue weighted by atomic mass is 9.88. The maximum Gasteiger partial charge on any atom is 0.223 e. The molecule has 1 amide bonds. The molecule has 1 aromatic heterocycles. The van der Waals surface area contributed by atoms with Crippen LogP contribution in [-0.4, -0.2) is 28.8 Å². The fourth-order valence-corrected chi connectivity index (χ4v) is 2.66. The standard InChI is InChI=1S/C17H22N4O.ClH/c1-12(15-10-18-11-15)17(22)20-13(2)14-5-3-6-16(9-14)21-8-4-7-19-21;/h3-9,12-13,15,18H,10-11H2,1-2H3,(H,20,22);1H. The van der Waals surface area contributed by atoms with Gasteiger partial charge in [-0.15, -0.1) is 12.4 Å². The van der Waals surface area contributed by atoms with Crippen LogP contribution in [0.5, 0.6) is 0 Å². The zero-order valence-electron chi connectivity index (χ0n) is 13.4. The normalized spacial score (nSPS) is 16.8. The summed E-state index contributed by atoms with van der Waals surface area (Å²) in [4.78, 5) is 12.3. The van der Waals surface area contributed by atoms with E-state index in [1.54, 1.807) is 6.20 Å². The second-order valence-electron chi connectivity index (χ2n) is 5.98. The molecule has 2 aromatic rings. The van der Waals surface area contributed by atoms with Gasteiger partial charge in [-0.3, -0.25) is 4.79 Å². The fraction of sp³-hybridized carbons (Fsp3) is 0.412. The van der Waals surface area contributed by atoms with Crippen LogP contribution in [0.25, 0.3) is 5.69 Å². The number of hydrogen-bond donors (Lipinski definition) is 2. The van der Waals surface area contributed by atoms with E-state index in [1.165, 1.54) is 0 Å². The lowest BCUT2D eigenvalue weighted by Crippen LogP contribution is -2.49. The highest BCUT2D eigenvalue weighted by Gasteiger charge is 2.29. The van der Waals surface area contributed by atoms with E-state index in [4.69, 9.17) is 0 Å². The summed E-state index contributed by atoms with van der Waals surface area (Å²) in [6.45, 7) is 5.91. The minimum absolute atomic E-state index is 0. The molecule has 2 heterocycles. The van der Waals surface area contributed by atoms with Crippen molar-refractivity contribution in [1.82, 2.24) is 20.4 Å². The molecule has 3 rings (SSSR count). The first kappa shape index (κ1) is 17.5. The minimum Gasteiger partial charge on any atom is -0.349 e. The predicted molar refractivity (Wildman–Crippen MR) is 92.9 cm³/mol. The van der Waals surface area contributed by atoms with Crippen molar-refractivity contribution >= 4 is 18.3 Å². The zero-order chi connectivity index (χ0) is 15.5. The van der Waals surface area contributed by atoms with Gasteiger partial charge in [-0.05, 0) is 49.7 Å². The highest BCUT2D eigenvalue weighted by molar-refractivity contribution is 5.85. The molecule has 2 atom stereocenters. The number of nitrogens with zero attached hydrogens (tertiary/aromatic N) is 2. The molecule has 0 aliphatic carbocycles. The average Bonchev–Trinajstić information content (AvgIpc) is 2.99. The van der Waals surface area contributed by atoms with E-state index >= 15 is 0 Å². The maximum absolute atomic E-state index is 12.3. The Morgan fingerprint density at radius 2 is 2.13 bits per heavy atom. The van der Waals surface area contributed by atoms with Gasteiger partial charge in [0, 0.05) is 18.3 Å². The number of halogens is 1. The number of nitrogens with one attached hydrogen (secondary N) is 2. The van der Waals surface area contributed by atoms with Gasteiger partial charge >= 0.3 is 0 Å². The zero-order valence-corrected chi connectivity index (χ0v) is 14.2. The fourth-order valence-electron chi connectivity index (χ4n) is 2.66. The van der Waals surface area contributed by atoms with Gasteiger partial charge < -0.3 is 10.6 Å². The molecule has 23 heavy (non-hydrogen) atoms. The molecule has 0 radical (unpaired) electrons. The molecule has 2 unspecified atom stereocenters. The molecule has 1 saturated heterocycles. The molecular formula is C17H23ClN4O. The number of aromatic nitrogens is 2. The van der Waals surface area contributed by atoms with E-state index in [2.05, 4.69) is 21.8 Å². The first-order valence-corrected chi connectivity index (χ1v) is 7.76. The highest BCUT2D eigenvalue weighted by Crippen LogP contribution is 2.20. The third kappa shape index (κ3) is 3.92. The van der Waals surface area contributed by atoms with E-state index in [0.717, 1.165) is 24.3 Å². The van der Waals surface area contributed by atoms with Crippen LogP contribution in [0.3, 0.4) is 0 Å². The molecule has 1 aromatic carbocycles. The van der Waals surface area contributed by atoms with Crippen molar-refractivity contribution in [2.45, 2.75) is 19.9 Å². The van der Waals surface area contributed by atoms with Crippen LogP contribution in [-0.2, 0) is 4.79 Å². The molecule has 1 fully saturated rings. The molecule has 6 heteroatoms. The van der Waals surface area contributed by atoms with Crippen molar-refractivity contribution in [3.05, 3.63) is 48.3 Å². The van der Waals surface area contributed by atoms with Crippen molar-refractivity contribution in [3.63, 3.8) is 0 Å². The van der Waals surface area contributed by atoms with Crippen LogP contribution < -0.4 is 10.6 Å². The Morgan fingerprint density at radius 1 is 1.35 bits per heavy atom. The summed E-state index contributed by atoms with van der Waals surface area (Å²) in [6.07, 6.45) is 3.67. The lowest BCUT2D eigenvalue weighted by molar-refractivity contribution is -0.127. The second kappa shape index (κ2) is 7.62. The molecule has 124 valence electrons. The molecule has 2 N–H and O–H groups in total. The van der Waals surface area contributed by atoms with Crippen molar-refractivity contribution in [2.24, 2.45) is 11.8 Å². The Balaban J connectivity index is 0.00000192. The topological polar surface area (TPSA) is 59.0 Å². The predicted octanol–water partition coefficient (Wildman–Crippen LogP) is 2.33. The van der Waals surface area contributed by atoms with Crippen LogP contribution in [0.4, 0.5) is 0 Å². The number of carbonyl (C=O) groups excluding carboxylic acids is 1. The second-order valence-corrected chi connectivity index (χ2v) is 5.98. The van der Waals surface area contributed by atoms with Gasteiger partial charge in [0.1, 0.15) is 0 Å². The van der Waals surface area contributed by atoms with Crippen molar-refractivity contribution in [2.75, 3.05) is 13.1 Å². The van der Waals surface area contributed by atoms with E-state index in [9.17, 15) is 4.79 Å². The van der Waals surface area contributed by atoms with E-state index < -0.39 is 0 Å². The van der Waals surface area contributed by atoms with Crippen LogP contribution in [0.15, 0.2) is 42.7 Å². The third-order valence-electron chi connectivity index (χ3n) is 4.43. The molecule has 5 nitrogen and oxygen atoms in total. The van der Waals surface area contributed by atoms with Crippen molar-refractivity contribution in [1.29, 1.82) is 0 Å². The summed E-state index contributed by atoms with van der Waals surface area (Å²) in [5.74, 6) is 0.643. The highest BCUT2D eigenvalue weighted by atomic mass is 35.5. The van der Waals surface area contributed by atoms with Crippen LogP contribution in [0, 0.1) is 11.8 Å². The maximum atomic E-state index is 12.3. The summed E-state index contributed by atoms with van der Waals surface area (Å²) in [5.41, 5.74) is 2.08. The largest absolute Gasteiger partial charge is 0.349 e. The van der Waals surface area contributed by atoms with Gasteiger partial charge in [0.05, 0.1) is 11.7 Å². The van der Waals surface area contributed by atoms with E-state index in [-0.39, 0.29) is 30.3 Å². The third-order valence-corrected chi connectivity index (χ3v) is 4.43. The van der Waals surface area contributed by atoms with Gasteiger partial charge in [-0.2, -0.15) is 5.10 Å². The SMILES string of the molecule is CC(NC(=O)C(C)C1CNC1)c1cccc(-n2cccn2)c1.Cl. The lowest BCUT2D eigenvalue weighted by Gasteiger charge is -2.32. The number of hydrogen-bond acceptors (Lipinski definition) is 3. The van der Waals surface area contributed by atoms with E-state index in [1.807, 2.05) is 49.0 Å². The minimum atomic E-state index is -0.0153. The molecular weight excluding hydrogens is 312 g/mol. The summed E-state index contributed by atoms with van der Waals surface area (Å²) >= 11 is 0. The Hall–Kier alpha value is -1.85. The van der Waals surface area contributed by atoms with Gasteiger partial charge in [0.15, 0.2) is 0 Å². The molecule has 0 saturated carbocycles. The average molecular weight is 335 g/mol. The summed E-state index contributed by atoms with van der Waals surface area (Å²) < 4.78 is 1.82. The van der Waals surface area contributed by atoms with Crippen LogP contribution >= 0.6 is 12.4 Å². The van der Waals surface area contributed by atoms with Gasteiger partial charge in [-0.1, -0.05) is 19.1 Å². The van der Waals surface area contributed by atoms with E-state index in [0.29, 0.717) is 5.92 Å².